The number of rotatable bonds is 4. The van der Waals surface area contributed by atoms with Crippen LogP contribution in [0.4, 0.5) is 0 Å². The molecule has 158 valence electrons. The summed E-state index contributed by atoms with van der Waals surface area (Å²) in [6.45, 7) is 0. The second-order valence-electron chi connectivity index (χ2n) is 7.18. The molecule has 1 atom stereocenters. The zero-order valence-corrected chi connectivity index (χ0v) is 17.0. The summed E-state index contributed by atoms with van der Waals surface area (Å²) in [5.74, 6) is -1.89. The summed E-state index contributed by atoms with van der Waals surface area (Å²) in [5.41, 5.74) is 1.13. The number of hydrogen-bond donors (Lipinski definition) is 1. The summed E-state index contributed by atoms with van der Waals surface area (Å²) in [4.78, 5) is 38.2. The van der Waals surface area contributed by atoms with E-state index in [0.29, 0.717) is 35.5 Å². The molecule has 0 fully saturated rings. The highest BCUT2D eigenvalue weighted by Crippen LogP contribution is 2.40. The number of aromatic hydroxyl groups is 1. The van der Waals surface area contributed by atoms with E-state index in [0.717, 1.165) is 12.7 Å². The van der Waals surface area contributed by atoms with Crippen molar-refractivity contribution in [3.05, 3.63) is 76.5 Å². The fourth-order valence-electron chi connectivity index (χ4n) is 3.99. The van der Waals surface area contributed by atoms with Gasteiger partial charge in [0.15, 0.2) is 5.78 Å². The van der Waals surface area contributed by atoms with E-state index in [2.05, 4.69) is 0 Å². The molecule has 7 nitrogen and oxygen atoms in total. The van der Waals surface area contributed by atoms with Gasteiger partial charge >= 0.3 is 11.9 Å². The number of Topliss-reactive ketones (excluding diaryl/α,β-unsaturated/α-hetero) is 1. The number of ketones is 1. The van der Waals surface area contributed by atoms with Crippen molar-refractivity contribution in [2.24, 2.45) is 0 Å². The molecule has 0 radical (unpaired) electrons. The minimum atomic E-state index is -0.890. The molecule has 0 saturated carbocycles. The SMILES string of the molecule is COC(=O)c1c(O)ccc(C2CCc3oc(-c4ccccc4)cc3C2=O)c1C(=O)OC. The average molecular weight is 420 g/mol. The average Bonchev–Trinajstić information content (AvgIpc) is 3.24. The van der Waals surface area contributed by atoms with Gasteiger partial charge < -0.3 is 19.0 Å². The van der Waals surface area contributed by atoms with Gasteiger partial charge in [-0.1, -0.05) is 36.4 Å². The standard InChI is InChI=1S/C24H20O7/c1-29-23(27)20-14(8-10-17(25)21(20)24(28)30-2)15-9-11-18-16(22(15)26)12-19(31-18)13-6-4-3-5-7-13/h3-8,10,12,15,25H,9,11H2,1-2H3. The van der Waals surface area contributed by atoms with Crippen molar-refractivity contribution >= 4 is 17.7 Å². The number of carbonyl (C=O) groups is 3. The Kier molecular flexibility index (Phi) is 5.33. The first-order valence-corrected chi connectivity index (χ1v) is 9.71. The molecule has 0 spiro atoms. The lowest BCUT2D eigenvalue weighted by Crippen LogP contribution is -2.24. The highest BCUT2D eigenvalue weighted by atomic mass is 16.5. The number of aryl methyl sites for hydroxylation is 1. The first kappa shape index (κ1) is 20.4. The lowest BCUT2D eigenvalue weighted by atomic mass is 9.79. The van der Waals surface area contributed by atoms with E-state index < -0.39 is 23.6 Å². The predicted molar refractivity (Wildman–Crippen MR) is 110 cm³/mol. The summed E-state index contributed by atoms with van der Waals surface area (Å²) in [6.07, 6.45) is 0.858. The Bertz CT molecular complexity index is 1170. The molecule has 7 heteroatoms. The van der Waals surface area contributed by atoms with Gasteiger partial charge in [-0.15, -0.1) is 0 Å². The number of hydrogen-bond acceptors (Lipinski definition) is 7. The van der Waals surface area contributed by atoms with Crippen LogP contribution in [0.5, 0.6) is 5.75 Å². The van der Waals surface area contributed by atoms with Crippen LogP contribution in [0.2, 0.25) is 0 Å². The first-order valence-electron chi connectivity index (χ1n) is 9.71. The Labute approximate surface area is 178 Å². The Morgan fingerprint density at radius 2 is 1.68 bits per heavy atom. The van der Waals surface area contributed by atoms with Gasteiger partial charge in [0.05, 0.1) is 25.3 Å². The van der Waals surface area contributed by atoms with Crippen molar-refractivity contribution < 1.29 is 33.4 Å². The molecule has 3 aromatic rings. The number of phenolic OH excluding ortho intramolecular Hbond substituents is 1. The van der Waals surface area contributed by atoms with Crippen molar-refractivity contribution in [1.29, 1.82) is 0 Å². The van der Waals surface area contributed by atoms with Crippen molar-refractivity contribution in [2.75, 3.05) is 14.2 Å². The Morgan fingerprint density at radius 1 is 1.00 bits per heavy atom. The predicted octanol–water partition coefficient (Wildman–Crippen LogP) is 4.14. The zero-order valence-electron chi connectivity index (χ0n) is 17.0. The molecule has 1 aliphatic carbocycles. The number of carbonyl (C=O) groups excluding carboxylic acids is 3. The van der Waals surface area contributed by atoms with Crippen LogP contribution in [-0.2, 0) is 15.9 Å². The molecule has 1 heterocycles. The topological polar surface area (TPSA) is 103 Å². The third-order valence-electron chi connectivity index (χ3n) is 5.48. The summed E-state index contributed by atoms with van der Waals surface area (Å²) in [5, 5.41) is 10.2. The molecule has 0 aliphatic heterocycles. The van der Waals surface area contributed by atoms with E-state index in [1.807, 2.05) is 30.3 Å². The van der Waals surface area contributed by atoms with Gasteiger partial charge in [0.25, 0.3) is 0 Å². The monoisotopic (exact) mass is 420 g/mol. The quantitative estimate of drug-likeness (QED) is 0.633. The number of fused-ring (bicyclic) bond motifs is 1. The molecule has 1 aliphatic rings. The van der Waals surface area contributed by atoms with E-state index in [4.69, 9.17) is 13.9 Å². The number of esters is 2. The van der Waals surface area contributed by atoms with Gasteiger partial charge in [0.1, 0.15) is 22.8 Å². The van der Waals surface area contributed by atoms with Crippen LogP contribution >= 0.6 is 0 Å². The minimum absolute atomic E-state index is 0.164. The maximum atomic E-state index is 13.4. The smallest absolute Gasteiger partial charge is 0.342 e. The second-order valence-corrected chi connectivity index (χ2v) is 7.18. The second kappa shape index (κ2) is 8.10. The summed E-state index contributed by atoms with van der Waals surface area (Å²) in [6, 6.07) is 13.9. The fraction of sp³-hybridized carbons (Fsp3) is 0.208. The molecular weight excluding hydrogens is 400 g/mol. The Morgan fingerprint density at radius 3 is 2.35 bits per heavy atom. The van der Waals surface area contributed by atoms with Crippen LogP contribution in [0.25, 0.3) is 11.3 Å². The summed E-state index contributed by atoms with van der Waals surface area (Å²) < 4.78 is 15.5. The van der Waals surface area contributed by atoms with Crippen LogP contribution in [0.1, 0.15) is 54.7 Å². The molecule has 1 aromatic heterocycles. The lowest BCUT2D eigenvalue weighted by Gasteiger charge is -2.23. The van der Waals surface area contributed by atoms with Gasteiger partial charge in [-0.3, -0.25) is 4.79 Å². The molecule has 1 unspecified atom stereocenters. The van der Waals surface area contributed by atoms with Crippen molar-refractivity contribution in [3.63, 3.8) is 0 Å². The number of furan rings is 1. The van der Waals surface area contributed by atoms with Crippen molar-refractivity contribution in [1.82, 2.24) is 0 Å². The lowest BCUT2D eigenvalue weighted by molar-refractivity contribution is 0.0550. The first-order chi connectivity index (χ1) is 15.0. The largest absolute Gasteiger partial charge is 0.507 e. The van der Waals surface area contributed by atoms with E-state index in [-0.39, 0.29) is 16.9 Å². The van der Waals surface area contributed by atoms with Crippen molar-refractivity contribution in [3.8, 4) is 17.1 Å². The normalized spacial score (nSPS) is 15.3. The van der Waals surface area contributed by atoms with Crippen LogP contribution < -0.4 is 0 Å². The third kappa shape index (κ3) is 3.48. The summed E-state index contributed by atoms with van der Waals surface area (Å²) in [7, 11) is 2.31. The highest BCUT2D eigenvalue weighted by Gasteiger charge is 2.37. The van der Waals surface area contributed by atoms with Gasteiger partial charge in [-0.2, -0.15) is 0 Å². The Hall–Kier alpha value is -3.87. The number of phenols is 1. The molecule has 31 heavy (non-hydrogen) atoms. The Balaban J connectivity index is 1.80. The van der Waals surface area contributed by atoms with E-state index >= 15 is 0 Å². The zero-order chi connectivity index (χ0) is 22.1. The van der Waals surface area contributed by atoms with Gasteiger partial charge in [-0.05, 0) is 24.1 Å². The maximum absolute atomic E-state index is 13.4. The van der Waals surface area contributed by atoms with Gasteiger partial charge in [0, 0.05) is 17.9 Å². The molecule has 0 amide bonds. The molecule has 0 bridgehead atoms. The molecule has 4 rings (SSSR count). The third-order valence-corrected chi connectivity index (χ3v) is 5.48. The number of methoxy groups -OCH3 is 2. The summed E-state index contributed by atoms with van der Waals surface area (Å²) >= 11 is 0. The van der Waals surface area contributed by atoms with Gasteiger partial charge in [0.2, 0.25) is 0 Å². The number of benzene rings is 2. The van der Waals surface area contributed by atoms with E-state index in [1.54, 1.807) is 6.07 Å². The molecule has 2 aromatic carbocycles. The van der Waals surface area contributed by atoms with Gasteiger partial charge in [-0.25, -0.2) is 9.59 Å². The van der Waals surface area contributed by atoms with E-state index in [1.165, 1.54) is 19.2 Å². The number of ether oxygens (including phenoxy) is 2. The van der Waals surface area contributed by atoms with Crippen LogP contribution in [0.3, 0.4) is 0 Å². The molecule has 0 saturated heterocycles. The fourth-order valence-corrected chi connectivity index (χ4v) is 3.99. The maximum Gasteiger partial charge on any atom is 0.342 e. The van der Waals surface area contributed by atoms with E-state index in [9.17, 15) is 19.5 Å². The molecule has 1 N–H and O–H groups in total. The molecular formula is C24H20O7. The van der Waals surface area contributed by atoms with Crippen LogP contribution in [0.15, 0.2) is 52.9 Å². The van der Waals surface area contributed by atoms with Crippen LogP contribution in [-0.4, -0.2) is 37.0 Å². The van der Waals surface area contributed by atoms with Crippen molar-refractivity contribution in [2.45, 2.75) is 18.8 Å². The van der Waals surface area contributed by atoms with Crippen LogP contribution in [0, 0.1) is 0 Å². The minimum Gasteiger partial charge on any atom is -0.507 e. The highest BCUT2D eigenvalue weighted by molar-refractivity contribution is 6.09.